The summed E-state index contributed by atoms with van der Waals surface area (Å²) in [6.07, 6.45) is -2.60. The Bertz CT molecular complexity index is 256. The summed E-state index contributed by atoms with van der Waals surface area (Å²) in [6.45, 7) is 0. The van der Waals surface area contributed by atoms with Crippen LogP contribution in [-0.2, 0) is 0 Å². The van der Waals surface area contributed by atoms with Crippen LogP contribution in [0.25, 0.3) is 0 Å². The average Bonchev–Trinajstić information content (AvgIpc) is 2.34. The molecule has 1 nitrogen and oxygen atoms in total. The van der Waals surface area contributed by atoms with E-state index in [0.29, 0.717) is 0 Å². The van der Waals surface area contributed by atoms with Crippen molar-refractivity contribution in [2.24, 2.45) is 5.73 Å². The highest BCUT2D eigenvalue weighted by Crippen LogP contribution is 2.27. The van der Waals surface area contributed by atoms with Crippen LogP contribution in [0.15, 0.2) is 15.9 Å². The van der Waals surface area contributed by atoms with Crippen molar-refractivity contribution in [3.63, 3.8) is 0 Å². The smallest absolute Gasteiger partial charge is 0.240 e. The fourth-order valence-corrected chi connectivity index (χ4v) is 2.29. The first-order chi connectivity index (χ1) is 5.59. The van der Waals surface area contributed by atoms with E-state index >= 15 is 0 Å². The summed E-state index contributed by atoms with van der Waals surface area (Å²) in [6, 6.07) is 1.24. The Hall–Kier alpha value is 0.290. The van der Waals surface area contributed by atoms with E-state index in [1.54, 1.807) is 6.07 Å². The van der Waals surface area contributed by atoms with Crippen LogP contribution in [0.5, 0.6) is 0 Å². The molecule has 0 unspecified atom stereocenters. The molecule has 1 aromatic rings. The van der Waals surface area contributed by atoms with Crippen molar-refractivity contribution >= 4 is 39.7 Å². The van der Waals surface area contributed by atoms with Crippen LogP contribution < -0.4 is 5.73 Å². The van der Waals surface area contributed by atoms with Gasteiger partial charge in [-0.3, -0.25) is 0 Å². The topological polar surface area (TPSA) is 26.0 Å². The molecule has 0 bridgehead atoms. The highest BCUT2D eigenvalue weighted by molar-refractivity contribution is 9.10. The van der Waals surface area contributed by atoms with Crippen molar-refractivity contribution in [3.8, 4) is 0 Å². The Kier molecular flexibility index (Phi) is 6.04. The van der Waals surface area contributed by atoms with E-state index in [1.165, 1.54) is 11.3 Å². The Balaban J connectivity index is 0.00000144. The second-order valence-electron chi connectivity index (χ2n) is 2.40. The van der Waals surface area contributed by atoms with E-state index in [-0.39, 0.29) is 18.8 Å². The number of thiophene rings is 1. The number of hydrogen-bond acceptors (Lipinski definition) is 2. The lowest BCUT2D eigenvalue weighted by atomic mass is 10.2. The fourth-order valence-electron chi connectivity index (χ4n) is 0.831. The maximum absolute atomic E-state index is 11.9. The van der Waals surface area contributed by atoms with Gasteiger partial charge in [0.2, 0.25) is 6.43 Å². The van der Waals surface area contributed by atoms with Gasteiger partial charge in [0.05, 0.1) is 0 Å². The molecule has 1 aromatic heterocycles. The molecule has 6 heteroatoms. The van der Waals surface area contributed by atoms with E-state index < -0.39 is 12.5 Å². The Labute approximate surface area is 93.9 Å². The number of rotatable bonds is 3. The molecule has 2 N–H and O–H groups in total. The van der Waals surface area contributed by atoms with Gasteiger partial charge in [-0.2, -0.15) is 0 Å². The lowest BCUT2D eigenvalue weighted by Crippen LogP contribution is -2.12. The summed E-state index contributed by atoms with van der Waals surface area (Å²) in [5.41, 5.74) is 5.52. The van der Waals surface area contributed by atoms with Gasteiger partial charge in [-0.05, 0) is 22.0 Å². The number of hydrogen-bond donors (Lipinski definition) is 1. The zero-order chi connectivity index (χ0) is 9.14. The van der Waals surface area contributed by atoms with Gasteiger partial charge in [-0.25, -0.2) is 8.78 Å². The van der Waals surface area contributed by atoms with E-state index in [2.05, 4.69) is 15.9 Å². The van der Waals surface area contributed by atoms with Gasteiger partial charge in [0.25, 0.3) is 0 Å². The molecule has 13 heavy (non-hydrogen) atoms. The molecular weight excluding hydrogens is 284 g/mol. The summed E-state index contributed by atoms with van der Waals surface area (Å²) in [5, 5.41) is 1.83. The third-order valence-corrected chi connectivity index (χ3v) is 3.21. The van der Waals surface area contributed by atoms with Crippen LogP contribution >= 0.6 is 39.7 Å². The summed E-state index contributed by atoms with van der Waals surface area (Å²) >= 11 is 4.63. The lowest BCUT2D eigenvalue weighted by molar-refractivity contribution is 0.129. The molecular formula is C7H9BrClF2NS. The van der Waals surface area contributed by atoms with Gasteiger partial charge in [-0.1, -0.05) is 0 Å². The lowest BCUT2D eigenvalue weighted by Gasteiger charge is -2.07. The van der Waals surface area contributed by atoms with E-state index in [4.69, 9.17) is 5.73 Å². The van der Waals surface area contributed by atoms with Crippen molar-refractivity contribution in [3.05, 3.63) is 20.8 Å². The minimum absolute atomic E-state index is 0. The SMILES string of the molecule is Cl.N[C@H](CC(F)F)c1cc(Br)cs1. The molecule has 76 valence electrons. The van der Waals surface area contributed by atoms with Gasteiger partial charge in [0.1, 0.15) is 0 Å². The second-order valence-corrected chi connectivity index (χ2v) is 4.26. The van der Waals surface area contributed by atoms with Gasteiger partial charge in [0, 0.05) is 27.2 Å². The van der Waals surface area contributed by atoms with Crippen molar-refractivity contribution in [2.75, 3.05) is 0 Å². The minimum Gasteiger partial charge on any atom is -0.323 e. The minimum atomic E-state index is -2.33. The summed E-state index contributed by atoms with van der Waals surface area (Å²) < 4.78 is 24.7. The maximum atomic E-state index is 11.9. The average molecular weight is 293 g/mol. The monoisotopic (exact) mass is 291 g/mol. The van der Waals surface area contributed by atoms with Crippen LogP contribution in [0.2, 0.25) is 0 Å². The summed E-state index contributed by atoms with van der Waals surface area (Å²) in [4.78, 5) is 0.794. The molecule has 0 aliphatic rings. The zero-order valence-electron chi connectivity index (χ0n) is 6.54. The molecule has 0 aliphatic heterocycles. The Morgan fingerprint density at radius 2 is 2.15 bits per heavy atom. The first kappa shape index (κ1) is 13.3. The standard InChI is InChI=1S/C7H8BrF2NS.ClH/c8-4-1-6(12-3-4)5(11)2-7(9)10;/h1,3,5,7H,2,11H2;1H/t5-;/m1./s1. The maximum Gasteiger partial charge on any atom is 0.240 e. The predicted molar refractivity (Wildman–Crippen MR) is 56.8 cm³/mol. The second kappa shape index (κ2) is 5.90. The first-order valence-corrected chi connectivity index (χ1v) is 5.04. The largest absolute Gasteiger partial charge is 0.323 e. The predicted octanol–water partition coefficient (Wildman–Crippen LogP) is 3.59. The van der Waals surface area contributed by atoms with Crippen LogP contribution in [-0.4, -0.2) is 6.43 Å². The molecule has 0 saturated heterocycles. The van der Waals surface area contributed by atoms with E-state index in [9.17, 15) is 8.78 Å². The normalized spacial score (nSPS) is 12.7. The number of halogens is 4. The quantitative estimate of drug-likeness (QED) is 0.905. The van der Waals surface area contributed by atoms with Crippen molar-refractivity contribution in [2.45, 2.75) is 18.9 Å². The van der Waals surface area contributed by atoms with Gasteiger partial charge in [0.15, 0.2) is 0 Å². The molecule has 1 rings (SSSR count). The molecule has 0 amide bonds. The molecule has 0 spiro atoms. The van der Waals surface area contributed by atoms with Gasteiger partial charge < -0.3 is 5.73 Å². The number of nitrogens with two attached hydrogens (primary N) is 1. The van der Waals surface area contributed by atoms with Gasteiger partial charge >= 0.3 is 0 Å². The van der Waals surface area contributed by atoms with Gasteiger partial charge in [-0.15, -0.1) is 23.7 Å². The molecule has 0 saturated carbocycles. The third kappa shape index (κ3) is 4.35. The van der Waals surface area contributed by atoms with E-state index in [0.717, 1.165) is 9.35 Å². The molecule has 0 radical (unpaired) electrons. The number of alkyl halides is 2. The van der Waals surface area contributed by atoms with Crippen molar-refractivity contribution in [1.82, 2.24) is 0 Å². The van der Waals surface area contributed by atoms with Crippen LogP contribution in [0.1, 0.15) is 17.3 Å². The van der Waals surface area contributed by atoms with Crippen LogP contribution in [0, 0.1) is 0 Å². The summed E-state index contributed by atoms with van der Waals surface area (Å²) in [7, 11) is 0. The highest BCUT2D eigenvalue weighted by Gasteiger charge is 2.14. The fraction of sp³-hybridized carbons (Fsp3) is 0.429. The first-order valence-electron chi connectivity index (χ1n) is 3.37. The Morgan fingerprint density at radius 3 is 2.54 bits per heavy atom. The highest BCUT2D eigenvalue weighted by atomic mass is 79.9. The molecule has 1 atom stereocenters. The molecule has 0 aromatic carbocycles. The van der Waals surface area contributed by atoms with Crippen molar-refractivity contribution in [1.29, 1.82) is 0 Å². The van der Waals surface area contributed by atoms with E-state index in [1.807, 2.05) is 5.38 Å². The third-order valence-electron chi connectivity index (χ3n) is 1.39. The Morgan fingerprint density at radius 1 is 1.54 bits per heavy atom. The molecule has 0 aliphatic carbocycles. The molecule has 0 fully saturated rings. The molecule has 1 heterocycles. The van der Waals surface area contributed by atoms with Crippen LogP contribution in [0.3, 0.4) is 0 Å². The zero-order valence-corrected chi connectivity index (χ0v) is 9.76. The van der Waals surface area contributed by atoms with Crippen LogP contribution in [0.4, 0.5) is 8.78 Å². The summed E-state index contributed by atoms with van der Waals surface area (Å²) in [5.74, 6) is 0. The van der Waals surface area contributed by atoms with Crippen molar-refractivity contribution < 1.29 is 8.78 Å².